The summed E-state index contributed by atoms with van der Waals surface area (Å²) in [7, 11) is 0. The zero-order valence-electron chi connectivity index (χ0n) is 10.8. The van der Waals surface area contributed by atoms with Crippen molar-refractivity contribution in [2.45, 2.75) is 19.9 Å². The largest absolute Gasteiger partial charge is 0.351 e. The van der Waals surface area contributed by atoms with Crippen LogP contribution in [0.1, 0.15) is 22.4 Å². The summed E-state index contributed by atoms with van der Waals surface area (Å²) in [5.41, 5.74) is 4.45. The number of nitrogens with zero attached hydrogens (tertiary/aromatic N) is 4. The Hall–Kier alpha value is -2.41. The van der Waals surface area contributed by atoms with Gasteiger partial charge in [0.15, 0.2) is 5.69 Å². The predicted molar refractivity (Wildman–Crippen MR) is 72.7 cm³/mol. The zero-order valence-corrected chi connectivity index (χ0v) is 10.8. The fourth-order valence-electron chi connectivity index (χ4n) is 2.42. The zero-order chi connectivity index (χ0) is 13.2. The quantitative estimate of drug-likeness (QED) is 0.778. The number of anilines is 1. The van der Waals surface area contributed by atoms with Gasteiger partial charge >= 0.3 is 0 Å². The number of fused-ring (bicyclic) bond motifs is 1. The van der Waals surface area contributed by atoms with Crippen LogP contribution in [0.2, 0.25) is 0 Å². The second-order valence-corrected chi connectivity index (χ2v) is 4.82. The average molecular weight is 250 g/mol. The molecule has 1 aromatic carbocycles. The van der Waals surface area contributed by atoms with Gasteiger partial charge in [-0.2, -0.15) is 5.26 Å². The van der Waals surface area contributed by atoms with Gasteiger partial charge in [0.25, 0.3) is 0 Å². The van der Waals surface area contributed by atoms with Crippen LogP contribution in [0.4, 0.5) is 5.82 Å². The molecule has 2 aromatic rings. The maximum atomic E-state index is 8.73. The third-order valence-corrected chi connectivity index (χ3v) is 3.45. The third-order valence-electron chi connectivity index (χ3n) is 3.45. The molecule has 0 radical (unpaired) electrons. The summed E-state index contributed by atoms with van der Waals surface area (Å²) in [6.07, 6.45) is 4.23. The number of aryl methyl sites for hydroxylation is 1. The van der Waals surface area contributed by atoms with Gasteiger partial charge in [0.2, 0.25) is 0 Å². The molecule has 94 valence electrons. The first-order valence-corrected chi connectivity index (χ1v) is 6.32. The molecule has 0 N–H and O–H groups in total. The van der Waals surface area contributed by atoms with Crippen molar-refractivity contribution in [1.29, 1.82) is 5.26 Å². The van der Waals surface area contributed by atoms with Gasteiger partial charge in [0.1, 0.15) is 11.9 Å². The second-order valence-electron chi connectivity index (χ2n) is 4.82. The van der Waals surface area contributed by atoms with Crippen molar-refractivity contribution in [2.75, 3.05) is 11.4 Å². The highest BCUT2D eigenvalue weighted by molar-refractivity contribution is 5.44. The van der Waals surface area contributed by atoms with Gasteiger partial charge in [-0.25, -0.2) is 9.97 Å². The Morgan fingerprint density at radius 3 is 2.84 bits per heavy atom. The molecule has 4 nitrogen and oxygen atoms in total. The summed E-state index contributed by atoms with van der Waals surface area (Å²) in [5.74, 6) is 0.838. The molecule has 1 aliphatic rings. The Balaban J connectivity index is 1.85. The first-order chi connectivity index (χ1) is 9.26. The number of hydrogen-bond donors (Lipinski definition) is 0. The minimum absolute atomic E-state index is 0.358. The summed E-state index contributed by atoms with van der Waals surface area (Å²) >= 11 is 0. The Labute approximate surface area is 112 Å². The van der Waals surface area contributed by atoms with E-state index in [2.05, 4.69) is 40.0 Å². The van der Waals surface area contributed by atoms with Gasteiger partial charge in [-0.3, -0.25) is 0 Å². The summed E-state index contributed by atoms with van der Waals surface area (Å²) < 4.78 is 0. The van der Waals surface area contributed by atoms with E-state index < -0.39 is 0 Å². The van der Waals surface area contributed by atoms with Crippen LogP contribution in [0.25, 0.3) is 0 Å². The number of hydrogen-bond acceptors (Lipinski definition) is 4. The molecule has 0 saturated carbocycles. The monoisotopic (exact) mass is 250 g/mol. The minimum atomic E-state index is 0.358. The summed E-state index contributed by atoms with van der Waals surface area (Å²) in [6.45, 7) is 3.92. The molecular formula is C15H14N4. The van der Waals surface area contributed by atoms with Crippen LogP contribution in [-0.4, -0.2) is 16.5 Å². The maximum absolute atomic E-state index is 8.73. The topological polar surface area (TPSA) is 52.8 Å². The summed E-state index contributed by atoms with van der Waals surface area (Å²) in [5, 5.41) is 8.73. The molecule has 0 amide bonds. The molecule has 4 heteroatoms. The van der Waals surface area contributed by atoms with Gasteiger partial charge in [0.05, 0.1) is 12.4 Å². The van der Waals surface area contributed by atoms with Crippen LogP contribution in [0.15, 0.2) is 30.6 Å². The Bertz CT molecular complexity index is 640. The van der Waals surface area contributed by atoms with Gasteiger partial charge in [-0.1, -0.05) is 23.8 Å². The van der Waals surface area contributed by atoms with Crippen molar-refractivity contribution in [3.8, 4) is 6.07 Å². The fraction of sp³-hybridized carbons (Fsp3) is 0.267. The van der Waals surface area contributed by atoms with Crippen molar-refractivity contribution in [2.24, 2.45) is 0 Å². The van der Waals surface area contributed by atoms with Crippen LogP contribution >= 0.6 is 0 Å². The van der Waals surface area contributed by atoms with Crippen molar-refractivity contribution in [1.82, 2.24) is 9.97 Å². The Morgan fingerprint density at radius 2 is 2.11 bits per heavy atom. The van der Waals surface area contributed by atoms with E-state index in [0.717, 1.165) is 25.3 Å². The van der Waals surface area contributed by atoms with E-state index in [0.29, 0.717) is 5.69 Å². The lowest BCUT2D eigenvalue weighted by molar-refractivity contribution is 0.717. The standard InChI is InChI=1S/C15H14N4/c1-11-2-3-13-10-19(5-4-12(13)6-11)15-9-17-14(7-16)8-18-15/h2-3,6,8-9H,4-5,10H2,1H3. The number of nitriles is 1. The van der Waals surface area contributed by atoms with Gasteiger partial charge in [0, 0.05) is 13.1 Å². The Kier molecular flexibility index (Phi) is 2.88. The van der Waals surface area contributed by atoms with E-state index >= 15 is 0 Å². The van der Waals surface area contributed by atoms with Gasteiger partial charge < -0.3 is 4.90 Å². The molecule has 1 aromatic heterocycles. The molecule has 0 spiro atoms. The van der Waals surface area contributed by atoms with Crippen LogP contribution in [0.5, 0.6) is 0 Å². The first-order valence-electron chi connectivity index (χ1n) is 6.32. The van der Waals surface area contributed by atoms with Crippen LogP contribution in [-0.2, 0) is 13.0 Å². The molecule has 0 fully saturated rings. The predicted octanol–water partition coefficient (Wildman–Crippen LogP) is 2.22. The molecule has 19 heavy (non-hydrogen) atoms. The molecule has 0 atom stereocenters. The van der Waals surface area contributed by atoms with Crippen molar-refractivity contribution >= 4 is 5.82 Å². The maximum Gasteiger partial charge on any atom is 0.158 e. The SMILES string of the molecule is Cc1ccc2c(c1)CCN(c1cnc(C#N)cn1)C2. The molecule has 3 rings (SSSR count). The van der Waals surface area contributed by atoms with Crippen LogP contribution < -0.4 is 4.90 Å². The number of rotatable bonds is 1. The highest BCUT2D eigenvalue weighted by Gasteiger charge is 2.17. The lowest BCUT2D eigenvalue weighted by Gasteiger charge is -2.29. The molecule has 0 unspecified atom stereocenters. The second kappa shape index (κ2) is 4.69. The fourth-order valence-corrected chi connectivity index (χ4v) is 2.42. The molecular weight excluding hydrogens is 236 g/mol. The van der Waals surface area contributed by atoms with Crippen molar-refractivity contribution < 1.29 is 0 Å². The van der Waals surface area contributed by atoms with Gasteiger partial charge in [-0.15, -0.1) is 0 Å². The van der Waals surface area contributed by atoms with E-state index in [-0.39, 0.29) is 0 Å². The summed E-state index contributed by atoms with van der Waals surface area (Å²) in [4.78, 5) is 10.6. The number of aromatic nitrogens is 2. The van der Waals surface area contributed by atoms with Crippen LogP contribution in [0.3, 0.4) is 0 Å². The third kappa shape index (κ3) is 2.27. The molecule has 1 aliphatic heterocycles. The lowest BCUT2D eigenvalue weighted by Crippen LogP contribution is -2.31. The summed E-state index contributed by atoms with van der Waals surface area (Å²) in [6, 6.07) is 8.58. The van der Waals surface area contributed by atoms with E-state index in [9.17, 15) is 0 Å². The first kappa shape index (κ1) is 11.7. The highest BCUT2D eigenvalue weighted by Crippen LogP contribution is 2.23. The minimum Gasteiger partial charge on any atom is -0.351 e. The average Bonchev–Trinajstić information content (AvgIpc) is 2.47. The van der Waals surface area contributed by atoms with E-state index in [4.69, 9.17) is 5.26 Å². The van der Waals surface area contributed by atoms with E-state index in [1.807, 2.05) is 6.07 Å². The number of benzene rings is 1. The lowest BCUT2D eigenvalue weighted by atomic mass is 9.98. The highest BCUT2D eigenvalue weighted by atomic mass is 15.2. The van der Waals surface area contributed by atoms with Gasteiger partial charge in [-0.05, 0) is 24.5 Å². The normalized spacial score (nSPS) is 13.8. The molecule has 2 heterocycles. The molecule has 0 saturated heterocycles. The molecule has 0 aliphatic carbocycles. The van der Waals surface area contributed by atoms with Crippen LogP contribution in [0, 0.1) is 18.3 Å². The van der Waals surface area contributed by atoms with E-state index in [1.54, 1.807) is 6.20 Å². The van der Waals surface area contributed by atoms with Crippen molar-refractivity contribution in [3.63, 3.8) is 0 Å². The molecule has 0 bridgehead atoms. The smallest absolute Gasteiger partial charge is 0.158 e. The Morgan fingerprint density at radius 1 is 1.21 bits per heavy atom. The van der Waals surface area contributed by atoms with Crippen molar-refractivity contribution in [3.05, 3.63) is 53.0 Å². The van der Waals surface area contributed by atoms with E-state index in [1.165, 1.54) is 22.9 Å².